The van der Waals surface area contributed by atoms with E-state index in [0.717, 1.165) is 30.9 Å². The lowest BCUT2D eigenvalue weighted by atomic mass is 10.1. The number of aryl methyl sites for hydroxylation is 1. The molecule has 0 aromatic heterocycles. The van der Waals surface area contributed by atoms with Gasteiger partial charge in [-0.1, -0.05) is 12.1 Å². The quantitative estimate of drug-likeness (QED) is 0.719. The van der Waals surface area contributed by atoms with Gasteiger partial charge in [-0.2, -0.15) is 0 Å². The van der Waals surface area contributed by atoms with Gasteiger partial charge in [-0.15, -0.1) is 0 Å². The second-order valence-electron chi connectivity index (χ2n) is 4.30. The van der Waals surface area contributed by atoms with Crippen molar-refractivity contribution in [1.82, 2.24) is 0 Å². The van der Waals surface area contributed by atoms with Crippen LogP contribution in [0.15, 0.2) is 18.2 Å². The van der Waals surface area contributed by atoms with Crippen molar-refractivity contribution in [1.29, 1.82) is 0 Å². The zero-order valence-corrected chi connectivity index (χ0v) is 9.11. The lowest BCUT2D eigenvalue weighted by Crippen LogP contribution is -2.22. The van der Waals surface area contributed by atoms with Crippen molar-refractivity contribution in [3.63, 3.8) is 0 Å². The van der Waals surface area contributed by atoms with E-state index in [4.69, 9.17) is 10.8 Å². The van der Waals surface area contributed by atoms with E-state index >= 15 is 0 Å². The van der Waals surface area contributed by atoms with Crippen LogP contribution in [0.25, 0.3) is 0 Å². The summed E-state index contributed by atoms with van der Waals surface area (Å²) >= 11 is 0. The molecule has 3 heteroatoms. The molecule has 0 radical (unpaired) electrons. The van der Waals surface area contributed by atoms with Crippen molar-refractivity contribution in [3.8, 4) is 0 Å². The maximum Gasteiger partial charge on any atom is 0.0629 e. The summed E-state index contributed by atoms with van der Waals surface area (Å²) in [6.07, 6.45) is 1.06. The average Bonchev–Trinajstić information content (AvgIpc) is 2.66. The molecule has 0 aliphatic carbocycles. The standard InChI is InChI=1S/C12H18N2O/c1-9-3-2-4-11(13)12(9)14-6-5-10(7-14)8-15/h2-4,10,15H,5-8,13H2,1H3. The molecule has 0 saturated carbocycles. The predicted octanol–water partition coefficient (Wildman–Crippen LogP) is 1.40. The number of aliphatic hydroxyl groups is 1. The summed E-state index contributed by atoms with van der Waals surface area (Å²) in [5, 5.41) is 9.11. The Hall–Kier alpha value is -1.22. The summed E-state index contributed by atoms with van der Waals surface area (Å²) in [4.78, 5) is 2.28. The summed E-state index contributed by atoms with van der Waals surface area (Å²) in [6, 6.07) is 6.00. The van der Waals surface area contributed by atoms with Crippen LogP contribution in [0.1, 0.15) is 12.0 Å². The number of para-hydroxylation sites is 1. The van der Waals surface area contributed by atoms with Crippen LogP contribution in [0, 0.1) is 12.8 Å². The number of hydrogen-bond donors (Lipinski definition) is 2. The highest BCUT2D eigenvalue weighted by molar-refractivity contribution is 5.71. The minimum Gasteiger partial charge on any atom is -0.397 e. The van der Waals surface area contributed by atoms with Gasteiger partial charge in [-0.05, 0) is 25.0 Å². The highest BCUT2D eigenvalue weighted by atomic mass is 16.3. The number of benzene rings is 1. The predicted molar refractivity (Wildman–Crippen MR) is 63.0 cm³/mol. The average molecular weight is 206 g/mol. The lowest BCUT2D eigenvalue weighted by Gasteiger charge is -2.22. The van der Waals surface area contributed by atoms with E-state index < -0.39 is 0 Å². The maximum atomic E-state index is 9.11. The topological polar surface area (TPSA) is 49.5 Å². The second kappa shape index (κ2) is 4.11. The molecule has 1 atom stereocenters. The number of rotatable bonds is 2. The van der Waals surface area contributed by atoms with E-state index in [1.54, 1.807) is 0 Å². The number of nitrogens with two attached hydrogens (primary N) is 1. The molecule has 1 fully saturated rings. The molecule has 1 aliphatic rings. The Bertz CT molecular complexity index is 331. The third-order valence-electron chi connectivity index (χ3n) is 3.13. The number of aliphatic hydroxyl groups excluding tert-OH is 1. The van der Waals surface area contributed by atoms with E-state index in [9.17, 15) is 0 Å². The van der Waals surface area contributed by atoms with Crippen molar-refractivity contribution in [3.05, 3.63) is 23.8 Å². The Morgan fingerprint density at radius 1 is 1.53 bits per heavy atom. The van der Waals surface area contributed by atoms with Crippen LogP contribution in [0.3, 0.4) is 0 Å². The minimum absolute atomic E-state index is 0.280. The minimum atomic E-state index is 0.280. The summed E-state index contributed by atoms with van der Waals surface area (Å²) < 4.78 is 0. The van der Waals surface area contributed by atoms with Crippen molar-refractivity contribution in [2.45, 2.75) is 13.3 Å². The largest absolute Gasteiger partial charge is 0.397 e. The molecule has 1 aromatic carbocycles. The van der Waals surface area contributed by atoms with Gasteiger partial charge in [0.2, 0.25) is 0 Å². The van der Waals surface area contributed by atoms with Gasteiger partial charge in [0.15, 0.2) is 0 Å². The first-order valence-electron chi connectivity index (χ1n) is 5.43. The van der Waals surface area contributed by atoms with Crippen LogP contribution in [-0.4, -0.2) is 24.8 Å². The number of anilines is 2. The van der Waals surface area contributed by atoms with Crippen molar-refractivity contribution >= 4 is 11.4 Å². The first-order chi connectivity index (χ1) is 7.22. The van der Waals surface area contributed by atoms with Crippen LogP contribution in [0.4, 0.5) is 11.4 Å². The molecule has 1 aliphatic heterocycles. The Morgan fingerprint density at radius 2 is 2.33 bits per heavy atom. The Balaban J connectivity index is 2.23. The third-order valence-corrected chi connectivity index (χ3v) is 3.13. The van der Waals surface area contributed by atoms with Gasteiger partial charge in [0.1, 0.15) is 0 Å². The van der Waals surface area contributed by atoms with Crippen molar-refractivity contribution in [2.75, 3.05) is 30.3 Å². The molecule has 82 valence electrons. The van der Waals surface area contributed by atoms with Gasteiger partial charge >= 0.3 is 0 Å². The first-order valence-corrected chi connectivity index (χ1v) is 5.43. The molecule has 1 saturated heterocycles. The smallest absolute Gasteiger partial charge is 0.0629 e. The molecule has 2 rings (SSSR count). The summed E-state index contributed by atoms with van der Waals surface area (Å²) in [7, 11) is 0. The van der Waals surface area contributed by atoms with E-state index in [1.807, 2.05) is 12.1 Å². The Kier molecular flexibility index (Phi) is 2.82. The second-order valence-corrected chi connectivity index (χ2v) is 4.30. The van der Waals surface area contributed by atoms with Gasteiger partial charge in [-0.3, -0.25) is 0 Å². The number of hydrogen-bond acceptors (Lipinski definition) is 3. The fourth-order valence-corrected chi connectivity index (χ4v) is 2.30. The summed E-state index contributed by atoms with van der Waals surface area (Å²) in [5.74, 6) is 0.406. The van der Waals surface area contributed by atoms with Gasteiger partial charge in [0.05, 0.1) is 11.4 Å². The maximum absolute atomic E-state index is 9.11. The van der Waals surface area contributed by atoms with Crippen molar-refractivity contribution < 1.29 is 5.11 Å². The third kappa shape index (κ3) is 1.92. The lowest BCUT2D eigenvalue weighted by molar-refractivity contribution is 0.238. The number of nitrogens with zero attached hydrogens (tertiary/aromatic N) is 1. The molecule has 1 aromatic rings. The van der Waals surface area contributed by atoms with Gasteiger partial charge < -0.3 is 15.7 Å². The van der Waals surface area contributed by atoms with Crippen LogP contribution < -0.4 is 10.6 Å². The molecule has 3 nitrogen and oxygen atoms in total. The van der Waals surface area contributed by atoms with Crippen LogP contribution in [0.5, 0.6) is 0 Å². The molecular formula is C12H18N2O. The fourth-order valence-electron chi connectivity index (χ4n) is 2.30. The molecule has 0 bridgehead atoms. The normalized spacial score (nSPS) is 20.9. The number of nitrogen functional groups attached to an aromatic ring is 1. The molecule has 15 heavy (non-hydrogen) atoms. The van der Waals surface area contributed by atoms with Crippen LogP contribution in [-0.2, 0) is 0 Å². The zero-order chi connectivity index (χ0) is 10.8. The van der Waals surface area contributed by atoms with Gasteiger partial charge in [0.25, 0.3) is 0 Å². The fraction of sp³-hybridized carbons (Fsp3) is 0.500. The SMILES string of the molecule is Cc1cccc(N)c1N1CCC(CO)C1. The monoisotopic (exact) mass is 206 g/mol. The highest BCUT2D eigenvalue weighted by Gasteiger charge is 2.23. The van der Waals surface area contributed by atoms with Crippen LogP contribution >= 0.6 is 0 Å². The molecule has 3 N–H and O–H groups in total. The van der Waals surface area contributed by atoms with E-state index in [2.05, 4.69) is 17.9 Å². The summed E-state index contributed by atoms with van der Waals surface area (Å²) in [5.41, 5.74) is 9.19. The van der Waals surface area contributed by atoms with E-state index in [0.29, 0.717) is 5.92 Å². The zero-order valence-electron chi connectivity index (χ0n) is 9.11. The molecule has 0 amide bonds. The Labute approximate surface area is 90.5 Å². The molecule has 0 spiro atoms. The summed E-state index contributed by atoms with van der Waals surface area (Å²) in [6.45, 7) is 4.28. The Morgan fingerprint density at radius 3 is 2.93 bits per heavy atom. The van der Waals surface area contributed by atoms with Crippen molar-refractivity contribution in [2.24, 2.45) is 5.92 Å². The molecule has 1 heterocycles. The first kappa shape index (κ1) is 10.3. The van der Waals surface area contributed by atoms with Gasteiger partial charge in [0, 0.05) is 25.6 Å². The van der Waals surface area contributed by atoms with E-state index in [-0.39, 0.29) is 6.61 Å². The van der Waals surface area contributed by atoms with Gasteiger partial charge in [-0.25, -0.2) is 0 Å². The van der Waals surface area contributed by atoms with Crippen LogP contribution in [0.2, 0.25) is 0 Å². The molecule has 1 unspecified atom stereocenters. The highest BCUT2D eigenvalue weighted by Crippen LogP contribution is 2.31. The molecular weight excluding hydrogens is 188 g/mol. The van der Waals surface area contributed by atoms with E-state index in [1.165, 1.54) is 5.56 Å².